The standard InChI is InChI=1S/C30H29ClF2N4O2/c1-18(19-9-14-24(25(33)15-19)28(38)34-22-12-10-21(32)11-13-22)29(39)36(5)27-17-26(30(2,3)4)35-37(27)23-8-6-7-20(31)16-23/h6-18H,1-5H3,(H,34,38). The molecular formula is C30H29ClF2N4O2. The predicted molar refractivity (Wildman–Crippen MR) is 150 cm³/mol. The maximum Gasteiger partial charge on any atom is 0.258 e. The molecule has 0 aliphatic rings. The van der Waals surface area contributed by atoms with Gasteiger partial charge in [-0.2, -0.15) is 5.10 Å². The molecule has 9 heteroatoms. The molecule has 1 unspecified atom stereocenters. The predicted octanol–water partition coefficient (Wildman–Crippen LogP) is 7.12. The molecule has 1 heterocycles. The molecule has 0 saturated carbocycles. The molecule has 0 saturated heterocycles. The van der Waals surface area contributed by atoms with Crippen LogP contribution in [0.1, 0.15) is 55.2 Å². The molecule has 0 aliphatic heterocycles. The van der Waals surface area contributed by atoms with E-state index in [1.54, 1.807) is 42.9 Å². The van der Waals surface area contributed by atoms with Crippen LogP contribution in [0.2, 0.25) is 5.02 Å². The van der Waals surface area contributed by atoms with E-state index in [9.17, 15) is 14.0 Å². The fraction of sp³-hybridized carbons (Fsp3) is 0.233. The second-order valence-corrected chi connectivity index (χ2v) is 10.8. The first-order chi connectivity index (χ1) is 18.3. The molecule has 4 rings (SSSR count). The average Bonchev–Trinajstić information content (AvgIpc) is 3.35. The SMILES string of the molecule is CC(C(=O)N(C)c1cc(C(C)(C)C)nn1-c1cccc(Cl)c1)c1ccc(C(=O)Nc2ccc(F)cc2)c(F)c1. The lowest BCUT2D eigenvalue weighted by molar-refractivity contribution is -0.119. The van der Waals surface area contributed by atoms with Crippen LogP contribution >= 0.6 is 11.6 Å². The number of hydrogen-bond donors (Lipinski definition) is 1. The molecule has 2 amide bonds. The number of likely N-dealkylation sites (N-methyl/N-ethyl adjacent to an activating group) is 1. The fourth-order valence-electron chi connectivity index (χ4n) is 4.04. The number of carbonyl (C=O) groups is 2. The number of anilines is 2. The Morgan fingerprint density at radius 1 is 1.00 bits per heavy atom. The van der Waals surface area contributed by atoms with Crippen LogP contribution in [-0.2, 0) is 10.2 Å². The number of halogens is 3. The Kier molecular flexibility index (Phi) is 7.88. The van der Waals surface area contributed by atoms with Crippen molar-refractivity contribution in [2.75, 3.05) is 17.3 Å². The minimum Gasteiger partial charge on any atom is -0.322 e. The fourth-order valence-corrected chi connectivity index (χ4v) is 4.22. The van der Waals surface area contributed by atoms with Crippen LogP contribution in [0.5, 0.6) is 0 Å². The molecule has 1 aromatic heterocycles. The Hall–Kier alpha value is -4.04. The Labute approximate surface area is 231 Å². The Morgan fingerprint density at radius 3 is 2.31 bits per heavy atom. The van der Waals surface area contributed by atoms with Gasteiger partial charge in [0, 0.05) is 29.2 Å². The zero-order chi connectivity index (χ0) is 28.5. The van der Waals surface area contributed by atoms with Gasteiger partial charge in [-0.05, 0) is 67.1 Å². The van der Waals surface area contributed by atoms with Gasteiger partial charge < -0.3 is 5.32 Å². The number of amides is 2. The Balaban J connectivity index is 1.59. The van der Waals surface area contributed by atoms with E-state index in [0.717, 1.165) is 5.69 Å². The molecule has 1 atom stereocenters. The molecule has 0 spiro atoms. The number of benzene rings is 3. The van der Waals surface area contributed by atoms with Gasteiger partial charge in [-0.25, -0.2) is 13.5 Å². The van der Waals surface area contributed by atoms with Crippen molar-refractivity contribution < 1.29 is 18.4 Å². The van der Waals surface area contributed by atoms with Crippen LogP contribution in [-0.4, -0.2) is 28.6 Å². The largest absolute Gasteiger partial charge is 0.322 e. The number of nitrogens with one attached hydrogen (secondary N) is 1. The molecule has 0 aliphatic carbocycles. The third-order valence-corrected chi connectivity index (χ3v) is 6.63. The highest BCUT2D eigenvalue weighted by atomic mass is 35.5. The highest BCUT2D eigenvalue weighted by Gasteiger charge is 2.28. The number of carbonyl (C=O) groups excluding carboxylic acids is 2. The number of hydrogen-bond acceptors (Lipinski definition) is 3. The summed E-state index contributed by atoms with van der Waals surface area (Å²) in [6.07, 6.45) is 0. The van der Waals surface area contributed by atoms with Gasteiger partial charge in [-0.15, -0.1) is 0 Å². The van der Waals surface area contributed by atoms with E-state index in [0.29, 0.717) is 27.8 Å². The van der Waals surface area contributed by atoms with E-state index in [4.69, 9.17) is 16.7 Å². The summed E-state index contributed by atoms with van der Waals surface area (Å²) in [5.41, 5.74) is 1.76. The van der Waals surface area contributed by atoms with Crippen molar-refractivity contribution in [2.24, 2.45) is 0 Å². The zero-order valence-corrected chi connectivity index (χ0v) is 23.1. The van der Waals surface area contributed by atoms with Crippen molar-refractivity contribution in [2.45, 2.75) is 39.0 Å². The highest BCUT2D eigenvalue weighted by Crippen LogP contribution is 2.31. The lowest BCUT2D eigenvalue weighted by Crippen LogP contribution is -2.32. The summed E-state index contributed by atoms with van der Waals surface area (Å²) in [6.45, 7) is 7.77. The molecule has 39 heavy (non-hydrogen) atoms. The maximum atomic E-state index is 15.0. The van der Waals surface area contributed by atoms with Crippen LogP contribution < -0.4 is 10.2 Å². The molecule has 0 radical (unpaired) electrons. The summed E-state index contributed by atoms with van der Waals surface area (Å²) >= 11 is 6.22. The summed E-state index contributed by atoms with van der Waals surface area (Å²) in [6, 6.07) is 18.3. The van der Waals surface area contributed by atoms with E-state index >= 15 is 4.39 Å². The molecule has 0 fully saturated rings. The smallest absolute Gasteiger partial charge is 0.258 e. The van der Waals surface area contributed by atoms with Crippen molar-refractivity contribution >= 4 is 34.9 Å². The lowest BCUT2D eigenvalue weighted by Gasteiger charge is -2.23. The minimum absolute atomic E-state index is 0.190. The van der Waals surface area contributed by atoms with E-state index in [1.165, 1.54) is 41.3 Å². The summed E-state index contributed by atoms with van der Waals surface area (Å²) in [5.74, 6) is -2.37. The molecular weight excluding hydrogens is 522 g/mol. The monoisotopic (exact) mass is 550 g/mol. The van der Waals surface area contributed by atoms with E-state index in [2.05, 4.69) is 5.32 Å². The van der Waals surface area contributed by atoms with Crippen molar-refractivity contribution in [1.82, 2.24) is 9.78 Å². The molecule has 202 valence electrons. The van der Waals surface area contributed by atoms with Gasteiger partial charge in [0.25, 0.3) is 5.91 Å². The van der Waals surface area contributed by atoms with Crippen LogP contribution in [0.25, 0.3) is 5.69 Å². The molecule has 4 aromatic rings. The quantitative estimate of drug-likeness (QED) is 0.278. The summed E-state index contributed by atoms with van der Waals surface area (Å²) in [5, 5.41) is 7.82. The molecule has 1 N–H and O–H groups in total. The van der Waals surface area contributed by atoms with Crippen LogP contribution in [0.15, 0.2) is 72.8 Å². The van der Waals surface area contributed by atoms with Gasteiger partial charge >= 0.3 is 0 Å². The van der Waals surface area contributed by atoms with Crippen LogP contribution in [0.4, 0.5) is 20.3 Å². The van der Waals surface area contributed by atoms with Gasteiger partial charge in [-0.1, -0.05) is 44.5 Å². The van der Waals surface area contributed by atoms with Crippen molar-refractivity contribution in [3.63, 3.8) is 0 Å². The highest BCUT2D eigenvalue weighted by molar-refractivity contribution is 6.30. The zero-order valence-electron chi connectivity index (χ0n) is 22.3. The normalized spacial score (nSPS) is 12.2. The van der Waals surface area contributed by atoms with Gasteiger partial charge in [0.2, 0.25) is 5.91 Å². The van der Waals surface area contributed by atoms with E-state index < -0.39 is 23.5 Å². The first-order valence-electron chi connectivity index (χ1n) is 12.4. The van der Waals surface area contributed by atoms with Crippen LogP contribution in [0, 0.1) is 11.6 Å². The van der Waals surface area contributed by atoms with Crippen LogP contribution in [0.3, 0.4) is 0 Å². The second kappa shape index (κ2) is 11.0. The van der Waals surface area contributed by atoms with Crippen molar-refractivity contribution in [3.05, 3.63) is 106 Å². The molecule has 6 nitrogen and oxygen atoms in total. The van der Waals surface area contributed by atoms with Crippen molar-refractivity contribution in [1.29, 1.82) is 0 Å². The number of aromatic nitrogens is 2. The lowest BCUT2D eigenvalue weighted by atomic mass is 9.92. The maximum absolute atomic E-state index is 15.0. The first-order valence-corrected chi connectivity index (χ1v) is 12.7. The minimum atomic E-state index is -0.770. The molecule has 3 aromatic carbocycles. The van der Waals surface area contributed by atoms with Gasteiger partial charge in [0.15, 0.2) is 0 Å². The Morgan fingerprint density at radius 2 is 1.69 bits per heavy atom. The third-order valence-electron chi connectivity index (χ3n) is 6.40. The van der Waals surface area contributed by atoms with Gasteiger partial charge in [0.1, 0.15) is 17.5 Å². The van der Waals surface area contributed by atoms with E-state index in [-0.39, 0.29) is 16.9 Å². The second-order valence-electron chi connectivity index (χ2n) is 10.3. The van der Waals surface area contributed by atoms with E-state index in [1.807, 2.05) is 32.9 Å². The summed E-state index contributed by atoms with van der Waals surface area (Å²) < 4.78 is 29.8. The first kappa shape index (κ1) is 28.0. The van der Waals surface area contributed by atoms with Gasteiger partial charge in [0.05, 0.1) is 22.9 Å². The topological polar surface area (TPSA) is 67.2 Å². The number of nitrogens with zero attached hydrogens (tertiary/aromatic N) is 3. The average molecular weight is 551 g/mol. The summed E-state index contributed by atoms with van der Waals surface area (Å²) in [7, 11) is 1.64. The number of rotatable bonds is 6. The van der Waals surface area contributed by atoms with Gasteiger partial charge in [-0.3, -0.25) is 14.5 Å². The summed E-state index contributed by atoms with van der Waals surface area (Å²) in [4.78, 5) is 27.6. The Bertz CT molecular complexity index is 1530. The third kappa shape index (κ3) is 6.17. The molecule has 0 bridgehead atoms. The van der Waals surface area contributed by atoms with Crippen molar-refractivity contribution in [3.8, 4) is 5.69 Å².